The predicted octanol–water partition coefficient (Wildman–Crippen LogP) is 1.48. The maximum absolute atomic E-state index is 9.88. The summed E-state index contributed by atoms with van der Waals surface area (Å²) < 4.78 is 10.9. The Morgan fingerprint density at radius 2 is 2.07 bits per heavy atom. The Bertz CT molecular complexity index is 241. The quantitative estimate of drug-likeness (QED) is 0.715. The predicted molar refractivity (Wildman–Crippen MR) is 60.7 cm³/mol. The number of aliphatic hydroxyl groups is 1. The van der Waals surface area contributed by atoms with E-state index in [4.69, 9.17) is 9.39 Å². The highest BCUT2D eigenvalue weighted by molar-refractivity contribution is 6.38. The lowest BCUT2D eigenvalue weighted by atomic mass is 9.81. The van der Waals surface area contributed by atoms with Crippen LogP contribution in [0.15, 0.2) is 11.5 Å². The van der Waals surface area contributed by atoms with E-state index >= 15 is 0 Å². The molecule has 4 heteroatoms. The van der Waals surface area contributed by atoms with Crippen molar-refractivity contribution in [2.24, 2.45) is 0 Å². The van der Waals surface area contributed by atoms with Crippen LogP contribution in [-0.2, 0) is 9.39 Å². The standard InChI is InChI=1S/C11H20BO3/c1-10(2,13)11(3,4)15-12-9-6-5-7-14-8-9/h6,13H,5,7-8H2,1-4H3. The number of hydrogen-bond donors (Lipinski definition) is 1. The van der Waals surface area contributed by atoms with Crippen LogP contribution in [0, 0.1) is 0 Å². The molecule has 0 aromatic heterocycles. The first-order chi connectivity index (χ1) is 6.83. The van der Waals surface area contributed by atoms with Crippen LogP contribution >= 0.6 is 0 Å². The average molecular weight is 211 g/mol. The summed E-state index contributed by atoms with van der Waals surface area (Å²) in [5.41, 5.74) is -0.441. The van der Waals surface area contributed by atoms with Crippen LogP contribution in [0.1, 0.15) is 34.1 Å². The van der Waals surface area contributed by atoms with E-state index in [0.717, 1.165) is 18.5 Å². The summed E-state index contributed by atoms with van der Waals surface area (Å²) in [5, 5.41) is 9.88. The Morgan fingerprint density at radius 1 is 1.40 bits per heavy atom. The van der Waals surface area contributed by atoms with Crippen LogP contribution in [0.25, 0.3) is 0 Å². The van der Waals surface area contributed by atoms with Crippen molar-refractivity contribution >= 4 is 7.48 Å². The molecule has 0 amide bonds. The molecule has 1 rings (SSSR count). The van der Waals surface area contributed by atoms with Gasteiger partial charge in [-0.25, -0.2) is 0 Å². The van der Waals surface area contributed by atoms with Gasteiger partial charge in [-0.2, -0.15) is 0 Å². The summed E-state index contributed by atoms with van der Waals surface area (Å²) in [6, 6.07) is 0. The summed E-state index contributed by atoms with van der Waals surface area (Å²) in [5.74, 6) is 0. The van der Waals surface area contributed by atoms with Gasteiger partial charge in [-0.3, -0.25) is 0 Å². The third-order valence-corrected chi connectivity index (χ3v) is 2.92. The van der Waals surface area contributed by atoms with Gasteiger partial charge in [-0.05, 0) is 34.1 Å². The molecule has 0 bridgehead atoms. The second-order valence-electron chi connectivity index (χ2n) is 4.93. The first kappa shape index (κ1) is 12.8. The molecule has 0 unspecified atom stereocenters. The van der Waals surface area contributed by atoms with Gasteiger partial charge in [0.05, 0.1) is 24.4 Å². The lowest BCUT2D eigenvalue weighted by Gasteiger charge is -2.37. The van der Waals surface area contributed by atoms with Crippen molar-refractivity contribution in [3.8, 4) is 0 Å². The largest absolute Gasteiger partial charge is 0.427 e. The maximum atomic E-state index is 9.88. The lowest BCUT2D eigenvalue weighted by molar-refractivity contribution is -0.0899. The highest BCUT2D eigenvalue weighted by Crippen LogP contribution is 2.25. The normalized spacial score (nSPS) is 18.6. The molecule has 0 aromatic carbocycles. The fourth-order valence-corrected chi connectivity index (χ4v) is 1.03. The third-order valence-electron chi connectivity index (χ3n) is 2.92. The number of rotatable bonds is 4. The second-order valence-corrected chi connectivity index (χ2v) is 4.93. The van der Waals surface area contributed by atoms with Gasteiger partial charge in [0.2, 0.25) is 0 Å². The van der Waals surface area contributed by atoms with E-state index < -0.39 is 11.2 Å². The summed E-state index contributed by atoms with van der Waals surface area (Å²) in [7, 11) is 1.69. The van der Waals surface area contributed by atoms with Gasteiger partial charge in [-0.1, -0.05) is 11.5 Å². The summed E-state index contributed by atoms with van der Waals surface area (Å²) in [4.78, 5) is 0. The first-order valence-corrected chi connectivity index (χ1v) is 5.33. The molecular weight excluding hydrogens is 191 g/mol. The zero-order valence-electron chi connectivity index (χ0n) is 10.0. The minimum absolute atomic E-state index is 0.599. The van der Waals surface area contributed by atoms with Crippen molar-refractivity contribution in [2.75, 3.05) is 13.2 Å². The summed E-state index contributed by atoms with van der Waals surface area (Å²) in [6.45, 7) is 8.61. The van der Waals surface area contributed by atoms with E-state index in [2.05, 4.69) is 6.08 Å². The first-order valence-electron chi connectivity index (χ1n) is 5.33. The fourth-order valence-electron chi connectivity index (χ4n) is 1.03. The van der Waals surface area contributed by atoms with E-state index in [1.165, 1.54) is 0 Å². The Hall–Kier alpha value is -0.315. The molecule has 0 saturated carbocycles. The Labute approximate surface area is 92.7 Å². The zero-order chi connectivity index (χ0) is 11.5. The molecule has 1 aliphatic rings. The van der Waals surface area contributed by atoms with Crippen LogP contribution in [0.2, 0.25) is 0 Å². The maximum Gasteiger partial charge on any atom is 0.328 e. The topological polar surface area (TPSA) is 38.7 Å². The van der Waals surface area contributed by atoms with Crippen molar-refractivity contribution in [1.29, 1.82) is 0 Å². The molecule has 0 saturated heterocycles. The van der Waals surface area contributed by atoms with Crippen LogP contribution in [0.5, 0.6) is 0 Å². The van der Waals surface area contributed by atoms with Gasteiger partial charge in [-0.15, -0.1) is 0 Å². The van der Waals surface area contributed by atoms with Crippen molar-refractivity contribution in [1.82, 2.24) is 0 Å². The van der Waals surface area contributed by atoms with Crippen LogP contribution < -0.4 is 0 Å². The monoisotopic (exact) mass is 211 g/mol. The molecule has 0 aromatic rings. The van der Waals surface area contributed by atoms with Crippen molar-refractivity contribution in [2.45, 2.75) is 45.3 Å². The van der Waals surface area contributed by atoms with E-state index in [9.17, 15) is 5.11 Å². The summed E-state index contributed by atoms with van der Waals surface area (Å²) in [6.07, 6.45) is 3.03. The molecule has 1 aliphatic heterocycles. The lowest BCUT2D eigenvalue weighted by Crippen LogP contribution is -2.48. The average Bonchev–Trinajstić information content (AvgIpc) is 2.15. The van der Waals surface area contributed by atoms with Gasteiger partial charge in [0, 0.05) is 0 Å². The Morgan fingerprint density at radius 3 is 2.53 bits per heavy atom. The molecule has 85 valence electrons. The molecule has 0 atom stereocenters. The van der Waals surface area contributed by atoms with E-state index in [0.29, 0.717) is 6.61 Å². The minimum atomic E-state index is -0.875. The van der Waals surface area contributed by atoms with Gasteiger partial charge in [0.25, 0.3) is 0 Å². The zero-order valence-corrected chi connectivity index (χ0v) is 10.0. The second kappa shape index (κ2) is 4.68. The van der Waals surface area contributed by atoms with Gasteiger partial charge >= 0.3 is 7.48 Å². The molecule has 0 fully saturated rings. The molecule has 3 nitrogen and oxygen atoms in total. The smallest absolute Gasteiger partial charge is 0.328 e. The Kier molecular flexibility index (Phi) is 3.98. The highest BCUT2D eigenvalue weighted by Gasteiger charge is 2.35. The molecule has 15 heavy (non-hydrogen) atoms. The Balaban J connectivity index is 2.45. The van der Waals surface area contributed by atoms with Gasteiger partial charge in [0.15, 0.2) is 0 Å². The molecule has 1 heterocycles. The molecule has 0 aliphatic carbocycles. The van der Waals surface area contributed by atoms with Crippen molar-refractivity contribution < 1.29 is 14.5 Å². The number of hydrogen-bond acceptors (Lipinski definition) is 3. The minimum Gasteiger partial charge on any atom is -0.427 e. The molecule has 1 radical (unpaired) electrons. The summed E-state index contributed by atoms with van der Waals surface area (Å²) >= 11 is 0. The molecule has 0 spiro atoms. The highest BCUT2D eigenvalue weighted by atomic mass is 16.5. The van der Waals surface area contributed by atoms with E-state index in [-0.39, 0.29) is 0 Å². The van der Waals surface area contributed by atoms with E-state index in [1.807, 2.05) is 13.8 Å². The number of ether oxygens (including phenoxy) is 1. The van der Waals surface area contributed by atoms with Crippen molar-refractivity contribution in [3.63, 3.8) is 0 Å². The fraction of sp³-hybridized carbons (Fsp3) is 0.818. The van der Waals surface area contributed by atoms with Crippen LogP contribution in [0.3, 0.4) is 0 Å². The van der Waals surface area contributed by atoms with Crippen LogP contribution in [0.4, 0.5) is 0 Å². The van der Waals surface area contributed by atoms with Crippen LogP contribution in [-0.4, -0.2) is 37.0 Å². The third kappa shape index (κ3) is 3.63. The molecule has 1 N–H and O–H groups in total. The van der Waals surface area contributed by atoms with Crippen molar-refractivity contribution in [3.05, 3.63) is 11.5 Å². The van der Waals surface area contributed by atoms with Gasteiger partial charge in [0.1, 0.15) is 0 Å². The van der Waals surface area contributed by atoms with E-state index in [1.54, 1.807) is 21.3 Å². The molecular formula is C11H20BO3. The SMILES string of the molecule is CC(C)(O)C(C)(C)O[B]C1=CCCOC1. The van der Waals surface area contributed by atoms with Gasteiger partial charge < -0.3 is 14.5 Å².